The molecule has 24 nitrogen and oxygen atoms in total. The third-order valence-electron chi connectivity index (χ3n) is 6.68. The van der Waals surface area contributed by atoms with E-state index in [0.29, 0.717) is 35.6 Å². The third-order valence-corrected chi connectivity index (χ3v) is 8.36. The van der Waals surface area contributed by atoms with Crippen molar-refractivity contribution in [3.8, 4) is 11.5 Å². The van der Waals surface area contributed by atoms with Crippen molar-refractivity contribution in [1.82, 2.24) is 0 Å². The average molecular weight is 898 g/mol. The second-order valence-electron chi connectivity index (χ2n) is 10.9. The summed E-state index contributed by atoms with van der Waals surface area (Å²) in [6.07, 6.45) is 0. The Morgan fingerprint density at radius 2 is 0.898 bits per heavy atom. The van der Waals surface area contributed by atoms with Crippen molar-refractivity contribution >= 4 is 65.9 Å². The first-order valence-electron chi connectivity index (χ1n) is 15.2. The van der Waals surface area contributed by atoms with Crippen molar-refractivity contribution < 1.29 is 82.6 Å². The Kier molecular flexibility index (Phi) is 16.5. The van der Waals surface area contributed by atoms with Crippen LogP contribution in [0.4, 0.5) is 34.1 Å². The zero-order chi connectivity index (χ0) is 43.5. The summed E-state index contributed by atoms with van der Waals surface area (Å²) in [4.78, 5) is 40.3. The van der Waals surface area contributed by atoms with Crippen LogP contribution in [0.25, 0.3) is 0 Å². The maximum absolute atomic E-state index is 12.2. The molecule has 4 aromatic carbocycles. The van der Waals surface area contributed by atoms with Crippen molar-refractivity contribution in [2.75, 3.05) is 10.6 Å². The van der Waals surface area contributed by atoms with E-state index >= 15 is 0 Å². The Bertz CT molecular complexity index is 2440. The first-order chi connectivity index (χ1) is 27.0. The molecule has 0 heterocycles. The summed E-state index contributed by atoms with van der Waals surface area (Å²) in [5.74, 6) is -6.58. The van der Waals surface area contributed by atoms with E-state index in [1.54, 1.807) is 36.4 Å². The minimum atomic E-state index is -5.35. The molecule has 0 aliphatic heterocycles. The molecule has 0 aromatic heterocycles. The zero-order valence-corrected chi connectivity index (χ0v) is 32.1. The Labute approximate surface area is 342 Å². The number of benzene rings is 4. The quantitative estimate of drug-likeness (QED) is 0.0454. The smallest absolute Gasteiger partial charge is 0.870 e. The molecule has 310 valence electrons. The molecule has 0 amide bonds. The Balaban J connectivity index is 0.000000400. The van der Waals surface area contributed by atoms with Crippen LogP contribution >= 0.6 is 0 Å². The van der Waals surface area contributed by atoms with Crippen molar-refractivity contribution in [1.29, 1.82) is 0 Å². The first kappa shape index (κ1) is 48.0. The van der Waals surface area contributed by atoms with Crippen LogP contribution in [0, 0.1) is 20.2 Å². The van der Waals surface area contributed by atoms with Crippen LogP contribution in [0.1, 0.15) is 13.8 Å². The molecule has 0 atom stereocenters. The second-order valence-corrected chi connectivity index (χ2v) is 13.6. The van der Waals surface area contributed by atoms with Gasteiger partial charge in [0.05, 0.1) is 31.0 Å². The fraction of sp³-hybridized carbons (Fsp3) is 0.0625. The van der Waals surface area contributed by atoms with Gasteiger partial charge in [-0.1, -0.05) is 47.9 Å². The van der Waals surface area contributed by atoms with Gasteiger partial charge in [0, 0.05) is 49.5 Å². The number of para-hydroxylation sites is 2. The fourth-order valence-corrected chi connectivity index (χ4v) is 5.25. The zero-order valence-electron chi connectivity index (χ0n) is 29.4. The summed E-state index contributed by atoms with van der Waals surface area (Å²) in [6, 6.07) is 17.6. The van der Waals surface area contributed by atoms with Crippen LogP contribution in [0.2, 0.25) is 0 Å². The summed E-state index contributed by atoms with van der Waals surface area (Å²) in [7, 11) is -10.7. The predicted octanol–water partition coefficient (Wildman–Crippen LogP) is 1.77. The topological polar surface area (TPSA) is 401 Å². The van der Waals surface area contributed by atoms with Gasteiger partial charge < -0.3 is 40.2 Å². The molecular weight excluding hydrogens is 875 g/mol. The maximum atomic E-state index is 12.2. The van der Waals surface area contributed by atoms with Crippen molar-refractivity contribution in [3.05, 3.63) is 128 Å². The summed E-state index contributed by atoms with van der Waals surface area (Å²) >= 11 is 0. The molecular formula is C32H22CoN8O16S2-3. The molecule has 0 aliphatic rings. The van der Waals surface area contributed by atoms with E-state index in [2.05, 4.69) is 31.1 Å². The van der Waals surface area contributed by atoms with Crippen LogP contribution in [-0.2, 0) is 46.6 Å². The first-order valence-corrected chi connectivity index (χ1v) is 18.1. The van der Waals surface area contributed by atoms with E-state index in [9.17, 15) is 76.2 Å². The minimum Gasteiger partial charge on any atom is -0.870 e. The van der Waals surface area contributed by atoms with E-state index in [-0.39, 0.29) is 16.8 Å². The largest absolute Gasteiger partial charge is 3.00 e. The van der Waals surface area contributed by atoms with Gasteiger partial charge in [-0.25, -0.2) is 16.8 Å². The number of nitrogens with zero attached hydrogens (tertiary/aromatic N) is 6. The number of Topliss-reactive ketones (excluding diaryl/α,β-unsaturated/α-hetero) is 2. The third kappa shape index (κ3) is 13.5. The number of carbonyl (C=O) groups is 2. The molecule has 0 bridgehead atoms. The summed E-state index contributed by atoms with van der Waals surface area (Å²) in [6.45, 7) is 1.97. The monoisotopic (exact) mass is 897 g/mol. The molecule has 2 N–H and O–H groups in total. The second kappa shape index (κ2) is 20.3. The number of azo groups is 2. The van der Waals surface area contributed by atoms with Gasteiger partial charge in [0.2, 0.25) is 0 Å². The van der Waals surface area contributed by atoms with Gasteiger partial charge in [-0.15, -0.1) is 10.2 Å². The number of nitro groups is 2. The number of hydrogen-bond donors (Lipinski definition) is 2. The summed E-state index contributed by atoms with van der Waals surface area (Å²) < 4.78 is 67.0. The molecule has 0 saturated carbocycles. The summed E-state index contributed by atoms with van der Waals surface area (Å²) in [5, 5.41) is 88.4. The molecule has 27 heteroatoms. The molecule has 0 spiro atoms. The fourth-order valence-electron chi connectivity index (χ4n) is 4.06. The molecule has 0 unspecified atom stereocenters. The molecule has 0 aliphatic carbocycles. The Morgan fingerprint density at radius 3 is 1.15 bits per heavy atom. The van der Waals surface area contributed by atoms with Crippen LogP contribution in [0.3, 0.4) is 0 Å². The van der Waals surface area contributed by atoms with Crippen molar-refractivity contribution in [2.24, 2.45) is 20.5 Å². The van der Waals surface area contributed by atoms with Gasteiger partial charge >= 0.3 is 16.8 Å². The van der Waals surface area contributed by atoms with E-state index in [1.807, 2.05) is 0 Å². The van der Waals surface area contributed by atoms with E-state index in [4.69, 9.17) is 0 Å². The number of anilines is 2. The van der Waals surface area contributed by atoms with Crippen LogP contribution in [-0.4, -0.2) is 47.4 Å². The normalized spacial score (nSPS) is 12.3. The molecule has 0 saturated heterocycles. The molecule has 4 aromatic rings. The molecule has 0 radical (unpaired) electrons. The Morgan fingerprint density at radius 1 is 0.593 bits per heavy atom. The van der Waals surface area contributed by atoms with Crippen LogP contribution in [0.5, 0.6) is 11.5 Å². The number of rotatable bonds is 14. The summed E-state index contributed by atoms with van der Waals surface area (Å²) in [5.41, 5.74) is -4.49. The number of nitro benzene ring substituents is 2. The van der Waals surface area contributed by atoms with E-state index in [0.717, 1.165) is 13.8 Å². The van der Waals surface area contributed by atoms with Crippen LogP contribution in [0.15, 0.2) is 138 Å². The standard InChI is InChI=1S/2C16H14N4O8S.Co/c2*1-9(21)14(16(23)17-10-5-3-2-4-6-10)19-18-12-7-11(20(24)25)8-13(15(12)22)29(26,27)28;/h2*2-8,17,22-23H,1H3,(H,26,27,28);/q;;+3/p-6/b2*16-14-,19-18?;. The van der Waals surface area contributed by atoms with Gasteiger partial charge in [-0.05, 0) is 36.0 Å². The maximum Gasteiger partial charge on any atom is 3.00 e. The van der Waals surface area contributed by atoms with Gasteiger partial charge in [-0.3, -0.25) is 29.8 Å². The number of non-ortho nitro benzene ring substituents is 2. The van der Waals surface area contributed by atoms with E-state index in [1.165, 1.54) is 24.3 Å². The number of carbonyl (C=O) groups excluding carboxylic acids is 2. The molecule has 4 rings (SSSR count). The van der Waals surface area contributed by atoms with Gasteiger partial charge in [0.1, 0.15) is 31.6 Å². The van der Waals surface area contributed by atoms with Gasteiger partial charge in [0.15, 0.2) is 11.6 Å². The van der Waals surface area contributed by atoms with Gasteiger partial charge in [0.25, 0.3) is 11.4 Å². The van der Waals surface area contributed by atoms with Crippen molar-refractivity contribution in [3.63, 3.8) is 0 Å². The molecule has 0 fully saturated rings. The Hall–Kier alpha value is -7.17. The predicted molar refractivity (Wildman–Crippen MR) is 186 cm³/mol. The number of hydrogen-bond acceptors (Lipinski definition) is 22. The number of allylic oxidation sites excluding steroid dienone is 2. The minimum absolute atomic E-state index is 0. The van der Waals surface area contributed by atoms with Crippen molar-refractivity contribution in [2.45, 2.75) is 23.6 Å². The van der Waals surface area contributed by atoms with Crippen LogP contribution < -0.4 is 31.1 Å². The number of nitrogens with one attached hydrogen (secondary N) is 2. The SMILES string of the molecule is CC(=O)/C(N=Nc1cc([N+](=O)[O-])cc(S(=O)(=O)[O-])c1[O-])=C(/[O-])Nc1ccccc1.CC(=O)/C(N=Nc1cc([N+](=O)[O-])cc(S(=O)(=O)[O-])c1[O-])=C(/[O-])Nc1ccccc1.[Co+3]. The molecule has 59 heavy (non-hydrogen) atoms. The number of ketones is 2. The average Bonchev–Trinajstić information content (AvgIpc) is 3.12. The van der Waals surface area contributed by atoms with E-state index < -0.39 is 109 Å². The van der Waals surface area contributed by atoms with Gasteiger partial charge in [-0.2, -0.15) is 10.2 Å².